The number of alkyl halides is 1. The van der Waals surface area contributed by atoms with Crippen molar-refractivity contribution in [2.75, 3.05) is 19.7 Å². The van der Waals surface area contributed by atoms with Gasteiger partial charge in [-0.05, 0) is 42.5 Å². The van der Waals surface area contributed by atoms with Crippen LogP contribution in [0.1, 0.15) is 36.5 Å². The van der Waals surface area contributed by atoms with E-state index >= 15 is 9.59 Å². The van der Waals surface area contributed by atoms with Gasteiger partial charge in [-0.2, -0.15) is 0 Å². The lowest BCUT2D eigenvalue weighted by atomic mass is 9.70. The largest absolute Gasteiger partial charge is 0.455 e. The summed E-state index contributed by atoms with van der Waals surface area (Å²) in [7, 11) is 0. The maximum absolute atomic E-state index is 15.2. The smallest absolute Gasteiger partial charge is 0.313 e. The fraction of sp³-hybridized carbons (Fsp3) is 0.381. The Labute approximate surface area is 333 Å². The number of hydrogen-bond donors (Lipinski definition) is 2. The third kappa shape index (κ3) is 7.40. The zero-order valence-electron chi connectivity index (χ0n) is 30.9. The second kappa shape index (κ2) is 16.9. The monoisotopic (exact) mass is 824 g/mol. The van der Waals surface area contributed by atoms with Crippen LogP contribution in [0, 0.1) is 11.8 Å². The molecule has 3 saturated heterocycles. The number of aliphatic hydroxyl groups excluding tert-OH is 1. The van der Waals surface area contributed by atoms with Gasteiger partial charge in [-0.15, -0.1) is 18.3 Å². The van der Waals surface area contributed by atoms with E-state index in [4.69, 9.17) is 9.47 Å². The Bertz CT molecular complexity index is 2080. The molecule has 0 aliphatic carbocycles. The Hall–Kier alpha value is -5.18. The van der Waals surface area contributed by atoms with Crippen LogP contribution in [0.3, 0.4) is 0 Å². The zero-order valence-corrected chi connectivity index (χ0v) is 32.4. The summed E-state index contributed by atoms with van der Waals surface area (Å²) in [6, 6.07) is 23.8. The number of halogens is 1. The van der Waals surface area contributed by atoms with Crippen molar-refractivity contribution in [1.29, 1.82) is 0 Å². The van der Waals surface area contributed by atoms with Crippen molar-refractivity contribution in [2.45, 2.75) is 67.1 Å². The van der Waals surface area contributed by atoms with Crippen molar-refractivity contribution in [3.8, 4) is 0 Å². The number of likely N-dealkylation sites (tertiary alicyclic amines) is 1. The zero-order chi connectivity index (χ0) is 39.4. The third-order valence-corrected chi connectivity index (χ3v) is 11.9. The van der Waals surface area contributed by atoms with Gasteiger partial charge in [0.25, 0.3) is 0 Å². The minimum Gasteiger partial charge on any atom is -0.455 e. The molecular weight excluding hydrogens is 780 g/mol. The van der Waals surface area contributed by atoms with Crippen LogP contribution in [0.2, 0.25) is 0 Å². The van der Waals surface area contributed by atoms with Gasteiger partial charge in [-0.1, -0.05) is 106 Å². The van der Waals surface area contributed by atoms with Crippen LogP contribution in [0.5, 0.6) is 0 Å². The van der Waals surface area contributed by atoms with Crippen molar-refractivity contribution in [1.82, 2.24) is 30.1 Å². The van der Waals surface area contributed by atoms with Gasteiger partial charge in [0.15, 0.2) is 0 Å². The van der Waals surface area contributed by atoms with Gasteiger partial charge in [0, 0.05) is 17.8 Å². The quantitative estimate of drug-likeness (QED) is 0.0909. The predicted octanol–water partition coefficient (Wildman–Crippen LogP) is 4.12. The molecule has 3 aliphatic rings. The number of amides is 3. The van der Waals surface area contributed by atoms with Crippen LogP contribution in [0.15, 0.2) is 110 Å². The lowest BCUT2D eigenvalue weighted by Gasteiger charge is -2.39. The first kappa shape index (κ1) is 39.1. The van der Waals surface area contributed by atoms with Crippen molar-refractivity contribution in [3.63, 3.8) is 0 Å². The van der Waals surface area contributed by atoms with E-state index in [2.05, 4.69) is 44.7 Å². The molecule has 1 unspecified atom stereocenters. The number of benzene rings is 3. The van der Waals surface area contributed by atoms with E-state index in [0.717, 1.165) is 5.56 Å². The van der Waals surface area contributed by atoms with Gasteiger partial charge in [0.1, 0.15) is 29.9 Å². The molecule has 13 nitrogen and oxygen atoms in total. The molecule has 0 saturated carbocycles. The predicted molar refractivity (Wildman–Crippen MR) is 211 cm³/mol. The molecule has 8 atom stereocenters. The second-order valence-electron chi connectivity index (χ2n) is 14.5. The number of aromatic nitrogens is 3. The molecule has 292 valence electrons. The van der Waals surface area contributed by atoms with E-state index in [0.29, 0.717) is 23.0 Å². The number of carbonyl (C=O) groups is 4. The number of rotatable bonds is 17. The van der Waals surface area contributed by atoms with E-state index in [1.54, 1.807) is 33.9 Å². The van der Waals surface area contributed by atoms with Crippen LogP contribution in [-0.4, -0.2) is 102 Å². The summed E-state index contributed by atoms with van der Waals surface area (Å²) >= 11 is 3.75. The van der Waals surface area contributed by atoms with E-state index < -0.39 is 70.9 Å². The maximum Gasteiger partial charge on any atom is 0.313 e. The summed E-state index contributed by atoms with van der Waals surface area (Å²) in [5.41, 5.74) is 1.46. The van der Waals surface area contributed by atoms with Crippen LogP contribution >= 0.6 is 15.9 Å². The second-order valence-corrected chi connectivity index (χ2v) is 15.6. The molecule has 2 N–H and O–H groups in total. The van der Waals surface area contributed by atoms with Gasteiger partial charge in [-0.25, -0.2) is 4.68 Å². The SMILES string of the molecule is C=CCCC(=O)NC[C@H](OC(=O)[C@H]1[C@@H]2O[C@@]3(CC2Br)[C@@H]1C(=O)N([C@@H](CO)Cc1ccccc1)[C@@H]3C(=O)N(CC=C)Cn1nnc2ccccc21)c1ccccc1. The maximum atomic E-state index is 15.2. The fourth-order valence-electron chi connectivity index (χ4n) is 8.52. The van der Waals surface area contributed by atoms with Crippen LogP contribution in [-0.2, 0) is 41.7 Å². The number of carbonyl (C=O) groups excluding carboxylic acids is 4. The fourth-order valence-corrected chi connectivity index (χ4v) is 9.46. The molecule has 7 rings (SSSR count). The number of ether oxygens (including phenoxy) is 2. The highest BCUT2D eigenvalue weighted by molar-refractivity contribution is 9.09. The van der Waals surface area contributed by atoms with Gasteiger partial charge in [-0.3, -0.25) is 19.2 Å². The number of hydrogen-bond acceptors (Lipinski definition) is 9. The van der Waals surface area contributed by atoms with Gasteiger partial charge in [0.05, 0.1) is 42.6 Å². The number of esters is 1. The van der Waals surface area contributed by atoms with Gasteiger partial charge >= 0.3 is 5.97 Å². The molecular formula is C42H45BrN6O7. The van der Waals surface area contributed by atoms with E-state index in [-0.39, 0.29) is 44.9 Å². The van der Waals surface area contributed by atoms with Crippen molar-refractivity contribution in [2.24, 2.45) is 11.8 Å². The number of allylic oxidation sites excluding steroid dienone is 1. The first-order valence-electron chi connectivity index (χ1n) is 18.8. The molecule has 4 heterocycles. The Morgan fingerprint density at radius 2 is 1.77 bits per heavy atom. The molecule has 3 fully saturated rings. The van der Waals surface area contributed by atoms with Gasteiger partial charge < -0.3 is 29.7 Å². The summed E-state index contributed by atoms with van der Waals surface area (Å²) < 4.78 is 14.6. The summed E-state index contributed by atoms with van der Waals surface area (Å²) in [6.07, 6.45) is 2.84. The topological polar surface area (TPSA) is 156 Å². The van der Waals surface area contributed by atoms with E-state index in [1.165, 1.54) is 4.90 Å². The number of nitrogens with one attached hydrogen (secondary N) is 1. The number of para-hydroxylation sites is 1. The first-order chi connectivity index (χ1) is 27.2. The minimum atomic E-state index is -1.44. The average Bonchev–Trinajstić information content (AvgIpc) is 3.94. The minimum absolute atomic E-state index is 0.00294. The van der Waals surface area contributed by atoms with Crippen LogP contribution in [0.4, 0.5) is 0 Å². The standard InChI is InChI=1S/C42H45BrN6O7/c1-3-5-20-34(51)44-24-33(28-16-10-7-11-17-28)55-41(54)35-36-39(52)49(29(25-50)22-27-14-8-6-9-15-27)38(42(36)23-30(43)37(35)56-42)40(53)47(21-4-2)26-48-32-19-13-12-18-31(32)45-46-48/h3-4,6-19,29-30,33,35-38,50H,1-2,5,20-26H2,(H,44,51)/t29-,30?,33+,35-,36+,37-,38-,42+/m1/s1. The van der Waals surface area contributed by atoms with Crippen molar-refractivity contribution < 1.29 is 33.8 Å². The summed E-state index contributed by atoms with van der Waals surface area (Å²) in [4.78, 5) is 60.0. The third-order valence-electron chi connectivity index (χ3n) is 11.0. The Balaban J connectivity index is 1.25. The molecule has 3 amide bonds. The van der Waals surface area contributed by atoms with E-state index in [1.807, 2.05) is 72.8 Å². The molecule has 1 aromatic heterocycles. The molecule has 14 heteroatoms. The van der Waals surface area contributed by atoms with Crippen LogP contribution < -0.4 is 5.32 Å². The van der Waals surface area contributed by atoms with Crippen LogP contribution in [0.25, 0.3) is 11.0 Å². The first-order valence-corrected chi connectivity index (χ1v) is 19.7. The highest BCUT2D eigenvalue weighted by atomic mass is 79.9. The lowest BCUT2D eigenvalue weighted by molar-refractivity contribution is -0.161. The summed E-state index contributed by atoms with van der Waals surface area (Å²) in [5.74, 6) is -3.99. The van der Waals surface area contributed by atoms with Crippen molar-refractivity contribution >= 4 is 50.7 Å². The number of fused-ring (bicyclic) bond motifs is 2. The molecule has 56 heavy (non-hydrogen) atoms. The molecule has 4 aromatic rings. The Morgan fingerprint density at radius 3 is 2.48 bits per heavy atom. The molecule has 1 spiro atoms. The van der Waals surface area contributed by atoms with Crippen molar-refractivity contribution in [3.05, 3.63) is 121 Å². The molecule has 2 bridgehead atoms. The summed E-state index contributed by atoms with van der Waals surface area (Å²) in [5, 5.41) is 22.4. The molecule has 3 aromatic carbocycles. The Morgan fingerprint density at radius 1 is 1.05 bits per heavy atom. The van der Waals surface area contributed by atoms with E-state index in [9.17, 15) is 14.7 Å². The molecule has 3 aliphatic heterocycles. The van der Waals surface area contributed by atoms with Gasteiger partial charge in [0.2, 0.25) is 17.7 Å². The highest BCUT2D eigenvalue weighted by Crippen LogP contribution is 2.61. The average molecular weight is 826 g/mol. The number of nitrogens with zero attached hydrogens (tertiary/aromatic N) is 5. The normalized spacial score (nSPS) is 24.7. The summed E-state index contributed by atoms with van der Waals surface area (Å²) in [6.45, 7) is 7.25. The lowest BCUT2D eigenvalue weighted by Crippen LogP contribution is -2.59. The Kier molecular flexibility index (Phi) is 11.8. The highest BCUT2D eigenvalue weighted by Gasteiger charge is 2.77. The molecule has 0 radical (unpaired) electrons. The number of aliphatic hydroxyl groups is 1.